The Morgan fingerprint density at radius 2 is 1.81 bits per heavy atom. The molecule has 5 nitrogen and oxygen atoms in total. The van der Waals surface area contributed by atoms with Gasteiger partial charge in [0, 0.05) is 34.1 Å². The average molecular weight is 522 g/mol. The number of carbonyl (C=O) groups is 1. The summed E-state index contributed by atoms with van der Waals surface area (Å²) >= 11 is 6.20. The summed E-state index contributed by atoms with van der Waals surface area (Å²) in [7, 11) is 1.72. The minimum absolute atomic E-state index is 0.116. The maximum atomic E-state index is 12.7. The molecule has 32 heavy (non-hydrogen) atoms. The maximum Gasteiger partial charge on any atom is 0.266 e. The predicted octanol–water partition coefficient (Wildman–Crippen LogP) is 7.07. The molecule has 0 spiro atoms. The van der Waals surface area contributed by atoms with Crippen LogP contribution in [-0.4, -0.2) is 28.0 Å². The zero-order valence-electron chi connectivity index (χ0n) is 16.9. The van der Waals surface area contributed by atoms with Gasteiger partial charge in [-0.15, -0.1) is 11.3 Å². The molecule has 1 saturated heterocycles. The standard InChI is InChI=1S/C24H16BrN3O2S2/c1-28-22(29)21(13-18-11-12-20(30-18)16-7-9-17(25)10-8-16)32-24(28)27-23-26-19(14-31-23)15-5-3-2-4-6-15/h2-14H,1H3/b21-13+,27-24+. The summed E-state index contributed by atoms with van der Waals surface area (Å²) in [6, 6.07) is 21.6. The number of benzene rings is 2. The second kappa shape index (κ2) is 8.90. The van der Waals surface area contributed by atoms with Crippen molar-refractivity contribution < 1.29 is 9.21 Å². The highest BCUT2D eigenvalue weighted by Crippen LogP contribution is 2.35. The van der Waals surface area contributed by atoms with Crippen LogP contribution in [0.15, 0.2) is 90.9 Å². The zero-order valence-corrected chi connectivity index (χ0v) is 20.1. The largest absolute Gasteiger partial charge is 0.457 e. The van der Waals surface area contributed by atoms with Crippen LogP contribution in [-0.2, 0) is 4.79 Å². The third-order valence-electron chi connectivity index (χ3n) is 4.79. The summed E-state index contributed by atoms with van der Waals surface area (Å²) in [6.45, 7) is 0. The fourth-order valence-electron chi connectivity index (χ4n) is 3.12. The normalized spacial score (nSPS) is 16.4. The summed E-state index contributed by atoms with van der Waals surface area (Å²) in [6.07, 6.45) is 1.76. The fourth-order valence-corrected chi connectivity index (χ4v) is 5.09. The van der Waals surface area contributed by atoms with E-state index in [0.717, 1.165) is 27.1 Å². The Balaban J connectivity index is 1.37. The number of rotatable bonds is 4. The number of amidine groups is 1. The van der Waals surface area contributed by atoms with E-state index in [1.165, 1.54) is 23.1 Å². The topological polar surface area (TPSA) is 58.7 Å². The Labute approximate surface area is 201 Å². The SMILES string of the molecule is CN1C(=O)/C(=C\c2ccc(-c3ccc(Br)cc3)o2)S/C1=N/c1nc(-c2ccccc2)cs1. The van der Waals surface area contributed by atoms with Gasteiger partial charge in [0.2, 0.25) is 5.13 Å². The van der Waals surface area contributed by atoms with E-state index in [4.69, 9.17) is 4.42 Å². The molecule has 2 aromatic heterocycles. The Bertz CT molecular complexity index is 1340. The molecule has 1 aliphatic rings. The number of halogens is 1. The Morgan fingerprint density at radius 1 is 1.03 bits per heavy atom. The van der Waals surface area contributed by atoms with Crippen molar-refractivity contribution in [2.24, 2.45) is 4.99 Å². The van der Waals surface area contributed by atoms with Gasteiger partial charge in [-0.1, -0.05) is 58.4 Å². The minimum Gasteiger partial charge on any atom is -0.457 e. The van der Waals surface area contributed by atoms with Gasteiger partial charge in [0.1, 0.15) is 11.5 Å². The van der Waals surface area contributed by atoms with E-state index in [-0.39, 0.29) is 5.91 Å². The van der Waals surface area contributed by atoms with Gasteiger partial charge in [0.25, 0.3) is 5.91 Å². The second-order valence-corrected chi connectivity index (χ2v) is 9.72. The van der Waals surface area contributed by atoms with E-state index in [2.05, 4.69) is 25.9 Å². The quantitative estimate of drug-likeness (QED) is 0.269. The van der Waals surface area contributed by atoms with Crippen molar-refractivity contribution in [3.05, 3.63) is 87.2 Å². The lowest BCUT2D eigenvalue weighted by Gasteiger charge is -2.05. The highest BCUT2D eigenvalue weighted by Gasteiger charge is 2.31. The van der Waals surface area contributed by atoms with Gasteiger partial charge < -0.3 is 4.42 Å². The summed E-state index contributed by atoms with van der Waals surface area (Å²) in [4.78, 5) is 24.0. The van der Waals surface area contributed by atoms with Crippen LogP contribution in [0.5, 0.6) is 0 Å². The number of carbonyl (C=O) groups excluding carboxylic acids is 1. The van der Waals surface area contributed by atoms with Gasteiger partial charge in [-0.05, 0) is 36.0 Å². The molecular formula is C24H16BrN3O2S2. The number of aromatic nitrogens is 1. The first-order valence-corrected chi connectivity index (χ1v) is 12.2. The number of hydrogen-bond donors (Lipinski definition) is 0. The van der Waals surface area contributed by atoms with Crippen LogP contribution in [0.2, 0.25) is 0 Å². The van der Waals surface area contributed by atoms with Gasteiger partial charge in [-0.3, -0.25) is 9.69 Å². The van der Waals surface area contributed by atoms with Crippen LogP contribution in [0.3, 0.4) is 0 Å². The van der Waals surface area contributed by atoms with Crippen LogP contribution >= 0.6 is 39.0 Å². The highest BCUT2D eigenvalue weighted by molar-refractivity contribution is 9.10. The lowest BCUT2D eigenvalue weighted by atomic mass is 10.2. The summed E-state index contributed by atoms with van der Waals surface area (Å²) in [5.74, 6) is 1.25. The molecule has 0 saturated carbocycles. The number of thioether (sulfide) groups is 1. The first kappa shape index (κ1) is 20.9. The van der Waals surface area contributed by atoms with Crippen LogP contribution in [0.1, 0.15) is 5.76 Å². The zero-order chi connectivity index (χ0) is 22.1. The Hall–Kier alpha value is -2.94. The molecular weight excluding hydrogens is 506 g/mol. The maximum absolute atomic E-state index is 12.7. The van der Waals surface area contributed by atoms with Crippen molar-refractivity contribution in [1.29, 1.82) is 0 Å². The molecule has 0 bridgehead atoms. The molecule has 1 amide bonds. The predicted molar refractivity (Wildman–Crippen MR) is 135 cm³/mol. The Kier molecular flexibility index (Phi) is 5.82. The molecule has 0 aliphatic carbocycles. The molecule has 0 radical (unpaired) electrons. The summed E-state index contributed by atoms with van der Waals surface area (Å²) in [5.41, 5.74) is 2.89. The van der Waals surface area contributed by atoms with E-state index in [1.807, 2.05) is 72.1 Å². The van der Waals surface area contributed by atoms with E-state index in [1.54, 1.807) is 18.0 Å². The van der Waals surface area contributed by atoms with Crippen LogP contribution in [0.4, 0.5) is 5.13 Å². The number of amides is 1. The third-order valence-corrected chi connectivity index (χ3v) is 7.11. The fraction of sp³-hybridized carbons (Fsp3) is 0.0417. The van der Waals surface area contributed by atoms with Crippen molar-refractivity contribution in [3.63, 3.8) is 0 Å². The average Bonchev–Trinajstić information content (AvgIpc) is 3.53. The van der Waals surface area contributed by atoms with Crippen LogP contribution in [0, 0.1) is 0 Å². The monoisotopic (exact) mass is 521 g/mol. The number of nitrogens with zero attached hydrogens (tertiary/aromatic N) is 3. The van der Waals surface area contributed by atoms with Crippen LogP contribution in [0.25, 0.3) is 28.7 Å². The Morgan fingerprint density at radius 3 is 2.59 bits per heavy atom. The molecule has 0 atom stereocenters. The van der Waals surface area contributed by atoms with Crippen molar-refractivity contribution in [1.82, 2.24) is 9.88 Å². The van der Waals surface area contributed by atoms with Crippen molar-refractivity contribution >= 4 is 61.3 Å². The lowest BCUT2D eigenvalue weighted by Crippen LogP contribution is -2.23. The van der Waals surface area contributed by atoms with Gasteiger partial charge in [0.05, 0.1) is 10.6 Å². The van der Waals surface area contributed by atoms with Gasteiger partial charge in [0.15, 0.2) is 5.17 Å². The van der Waals surface area contributed by atoms with Gasteiger partial charge in [-0.2, -0.15) is 4.99 Å². The van der Waals surface area contributed by atoms with E-state index in [0.29, 0.717) is 21.0 Å². The lowest BCUT2D eigenvalue weighted by molar-refractivity contribution is -0.121. The first-order valence-electron chi connectivity index (χ1n) is 9.70. The van der Waals surface area contributed by atoms with Gasteiger partial charge in [-0.25, -0.2) is 4.98 Å². The van der Waals surface area contributed by atoms with Crippen molar-refractivity contribution in [3.8, 4) is 22.6 Å². The van der Waals surface area contributed by atoms with E-state index >= 15 is 0 Å². The van der Waals surface area contributed by atoms with Crippen molar-refractivity contribution in [2.75, 3.05) is 7.05 Å². The summed E-state index contributed by atoms with van der Waals surface area (Å²) < 4.78 is 6.94. The van der Waals surface area contributed by atoms with Crippen molar-refractivity contribution in [2.45, 2.75) is 0 Å². The molecule has 5 rings (SSSR count). The molecule has 1 fully saturated rings. The van der Waals surface area contributed by atoms with Crippen LogP contribution < -0.4 is 0 Å². The summed E-state index contributed by atoms with van der Waals surface area (Å²) in [5, 5.41) is 3.18. The molecule has 2 aromatic carbocycles. The first-order chi connectivity index (χ1) is 15.6. The number of aliphatic imine (C=N–C) groups is 1. The molecule has 0 unspecified atom stereocenters. The highest BCUT2D eigenvalue weighted by atomic mass is 79.9. The molecule has 4 aromatic rings. The van der Waals surface area contributed by atoms with Gasteiger partial charge >= 0.3 is 0 Å². The molecule has 8 heteroatoms. The molecule has 158 valence electrons. The molecule has 0 N–H and O–H groups in total. The van der Waals surface area contributed by atoms with E-state index < -0.39 is 0 Å². The minimum atomic E-state index is -0.116. The number of furan rings is 1. The number of thiazole rings is 1. The number of likely N-dealkylation sites (N-methyl/N-ethyl adjacent to an activating group) is 1. The smallest absolute Gasteiger partial charge is 0.266 e. The van der Waals surface area contributed by atoms with E-state index in [9.17, 15) is 4.79 Å². The third kappa shape index (κ3) is 4.34. The second-order valence-electron chi connectivity index (χ2n) is 6.96. The number of hydrogen-bond acceptors (Lipinski definition) is 6. The molecule has 3 heterocycles. The molecule has 1 aliphatic heterocycles.